The molecule has 11 nitrogen and oxygen atoms in total. The van der Waals surface area contributed by atoms with E-state index in [1.165, 1.54) is 19.4 Å². The van der Waals surface area contributed by atoms with Gasteiger partial charge in [-0.3, -0.25) is 24.3 Å². The molecule has 13 heteroatoms. The van der Waals surface area contributed by atoms with Crippen LogP contribution in [-0.2, 0) is 14.3 Å². The van der Waals surface area contributed by atoms with E-state index in [2.05, 4.69) is 15.2 Å². The second-order valence-electron chi connectivity index (χ2n) is 9.80. The van der Waals surface area contributed by atoms with Crippen molar-refractivity contribution >= 4 is 28.6 Å². The average molecular weight is 559 g/mol. The Morgan fingerprint density at radius 3 is 2.67 bits per heavy atom. The number of hydrogen-bond donors (Lipinski definition) is 1. The quantitative estimate of drug-likeness (QED) is 0.432. The number of nitrogens with one attached hydrogen (secondary N) is 1. The minimum atomic E-state index is -3.13. The lowest BCUT2D eigenvalue weighted by molar-refractivity contribution is -0.137. The maximum absolute atomic E-state index is 13.7. The van der Waals surface area contributed by atoms with E-state index >= 15 is 0 Å². The van der Waals surface area contributed by atoms with E-state index in [9.17, 15) is 23.2 Å². The highest BCUT2D eigenvalue weighted by atomic mass is 19.3. The van der Waals surface area contributed by atoms with E-state index in [0.717, 1.165) is 31.0 Å². The Labute approximate surface area is 230 Å². The van der Waals surface area contributed by atoms with Gasteiger partial charge in [0, 0.05) is 57.8 Å². The SMILES string of the molecule is COCC(=O)N1CCN(CCCOc2ccc3nccc(C(=O)NCC(=O)N4CC(F)(F)CC4C#N)c3c2)CC1. The molecular weight excluding hydrogens is 526 g/mol. The summed E-state index contributed by atoms with van der Waals surface area (Å²) in [6.45, 7) is 2.92. The summed E-state index contributed by atoms with van der Waals surface area (Å²) in [4.78, 5) is 46.4. The Bertz CT molecular complexity index is 1280. The number of nitriles is 1. The van der Waals surface area contributed by atoms with Crippen LogP contribution in [0.15, 0.2) is 30.5 Å². The van der Waals surface area contributed by atoms with E-state index < -0.39 is 43.3 Å². The molecule has 0 bridgehead atoms. The van der Waals surface area contributed by atoms with Gasteiger partial charge in [-0.2, -0.15) is 5.26 Å². The zero-order valence-electron chi connectivity index (χ0n) is 22.3. The van der Waals surface area contributed by atoms with Crippen molar-refractivity contribution < 1.29 is 32.6 Å². The molecule has 1 aromatic carbocycles. The lowest BCUT2D eigenvalue weighted by atomic mass is 10.1. The standard InChI is InChI=1S/C27H32F2N6O5/c1-39-17-25(37)34-10-8-33(9-11-34)7-2-12-40-20-3-4-23-22(13-20)21(5-6-31-23)26(38)32-16-24(36)35-18-27(28,29)14-19(35)15-30/h3-6,13,19H,2,7-12,14,16-18H2,1H3,(H,32,38). The normalized spacial score (nSPS) is 18.9. The number of nitrogens with zero attached hydrogens (tertiary/aromatic N) is 5. The van der Waals surface area contributed by atoms with Crippen molar-refractivity contribution in [2.45, 2.75) is 24.8 Å². The van der Waals surface area contributed by atoms with Gasteiger partial charge in [0.2, 0.25) is 11.8 Å². The van der Waals surface area contributed by atoms with Gasteiger partial charge >= 0.3 is 0 Å². The first kappa shape index (κ1) is 29.1. The Morgan fingerprint density at radius 2 is 1.95 bits per heavy atom. The first-order valence-electron chi connectivity index (χ1n) is 13.1. The van der Waals surface area contributed by atoms with Gasteiger partial charge in [-0.05, 0) is 30.7 Å². The molecule has 2 saturated heterocycles. The smallest absolute Gasteiger partial charge is 0.268 e. The second-order valence-corrected chi connectivity index (χ2v) is 9.80. The van der Waals surface area contributed by atoms with Crippen molar-refractivity contribution in [2.24, 2.45) is 0 Å². The number of aromatic nitrogens is 1. The van der Waals surface area contributed by atoms with Gasteiger partial charge < -0.3 is 24.6 Å². The zero-order chi connectivity index (χ0) is 28.7. The van der Waals surface area contributed by atoms with Gasteiger partial charge in [-0.1, -0.05) is 0 Å². The van der Waals surface area contributed by atoms with Crippen LogP contribution in [0.25, 0.3) is 10.9 Å². The third-order valence-electron chi connectivity index (χ3n) is 6.98. The van der Waals surface area contributed by atoms with Crippen LogP contribution in [0.1, 0.15) is 23.2 Å². The number of alkyl halides is 2. The highest BCUT2D eigenvalue weighted by Crippen LogP contribution is 2.31. The third-order valence-corrected chi connectivity index (χ3v) is 6.98. The van der Waals surface area contributed by atoms with Crippen molar-refractivity contribution in [3.05, 3.63) is 36.0 Å². The van der Waals surface area contributed by atoms with Gasteiger partial charge in [0.15, 0.2) is 0 Å². The Morgan fingerprint density at radius 1 is 1.18 bits per heavy atom. The highest BCUT2D eigenvalue weighted by Gasteiger charge is 2.47. The molecule has 0 saturated carbocycles. The number of piperazine rings is 1. The summed E-state index contributed by atoms with van der Waals surface area (Å²) >= 11 is 0. The summed E-state index contributed by atoms with van der Waals surface area (Å²) in [7, 11) is 1.51. The molecule has 0 spiro atoms. The fourth-order valence-corrected chi connectivity index (χ4v) is 4.87. The molecule has 1 unspecified atom stereocenters. The number of halogens is 2. The van der Waals surface area contributed by atoms with Crippen LogP contribution in [0.3, 0.4) is 0 Å². The Hall–Kier alpha value is -3.89. The van der Waals surface area contributed by atoms with E-state index in [-0.39, 0.29) is 18.1 Å². The van der Waals surface area contributed by atoms with Gasteiger partial charge in [-0.25, -0.2) is 8.78 Å². The first-order valence-corrected chi connectivity index (χ1v) is 13.1. The van der Waals surface area contributed by atoms with Crippen molar-refractivity contribution in [2.75, 3.05) is 66.1 Å². The third kappa shape index (κ3) is 7.19. The zero-order valence-corrected chi connectivity index (χ0v) is 22.3. The molecule has 4 rings (SSSR count). The van der Waals surface area contributed by atoms with Crippen LogP contribution in [0.4, 0.5) is 8.78 Å². The summed E-state index contributed by atoms with van der Waals surface area (Å²) in [6.07, 6.45) is 1.52. The molecule has 3 amide bonds. The molecule has 2 aliphatic heterocycles. The lowest BCUT2D eigenvalue weighted by Crippen LogP contribution is -2.49. The number of carbonyl (C=O) groups is 3. The number of pyridine rings is 1. The van der Waals surface area contributed by atoms with Gasteiger partial charge in [0.05, 0.1) is 36.8 Å². The summed E-state index contributed by atoms with van der Waals surface area (Å²) in [5, 5.41) is 12.1. The van der Waals surface area contributed by atoms with Crippen molar-refractivity contribution in [3.8, 4) is 11.8 Å². The van der Waals surface area contributed by atoms with Gasteiger partial charge in [0.1, 0.15) is 18.4 Å². The molecule has 1 atom stereocenters. The van der Waals surface area contributed by atoms with Crippen molar-refractivity contribution in [3.63, 3.8) is 0 Å². The summed E-state index contributed by atoms with van der Waals surface area (Å²) in [5.41, 5.74) is 0.809. The van der Waals surface area contributed by atoms with Crippen LogP contribution in [0, 0.1) is 11.3 Å². The predicted molar refractivity (Wildman–Crippen MR) is 140 cm³/mol. The largest absolute Gasteiger partial charge is 0.494 e. The molecule has 214 valence electrons. The number of rotatable bonds is 10. The maximum Gasteiger partial charge on any atom is 0.268 e. The minimum absolute atomic E-state index is 0.000176. The monoisotopic (exact) mass is 558 g/mol. The van der Waals surface area contributed by atoms with E-state index in [1.54, 1.807) is 29.2 Å². The van der Waals surface area contributed by atoms with E-state index in [0.29, 0.717) is 36.3 Å². The topological polar surface area (TPSA) is 128 Å². The fourth-order valence-electron chi connectivity index (χ4n) is 4.87. The van der Waals surface area contributed by atoms with Gasteiger partial charge in [-0.15, -0.1) is 0 Å². The molecule has 0 radical (unpaired) electrons. The maximum atomic E-state index is 13.7. The average Bonchev–Trinajstić information content (AvgIpc) is 3.28. The second kappa shape index (κ2) is 13.0. The number of likely N-dealkylation sites (tertiary alicyclic amines) is 1. The molecule has 2 fully saturated rings. The summed E-state index contributed by atoms with van der Waals surface area (Å²) < 4.78 is 38.2. The number of benzene rings is 1. The first-order chi connectivity index (χ1) is 19.2. The number of hydrogen-bond acceptors (Lipinski definition) is 8. The number of carbonyl (C=O) groups excluding carboxylic acids is 3. The summed E-state index contributed by atoms with van der Waals surface area (Å²) in [6, 6.07) is 7.19. The van der Waals surface area contributed by atoms with Crippen molar-refractivity contribution in [1.82, 2.24) is 25.0 Å². The number of ether oxygens (including phenoxy) is 2. The predicted octanol–water partition coefficient (Wildman–Crippen LogP) is 1.28. The van der Waals surface area contributed by atoms with Gasteiger partial charge in [0.25, 0.3) is 11.8 Å². The molecule has 1 aromatic heterocycles. The number of amides is 3. The molecule has 2 aliphatic rings. The molecule has 40 heavy (non-hydrogen) atoms. The molecule has 2 aromatic rings. The lowest BCUT2D eigenvalue weighted by Gasteiger charge is -2.34. The number of fused-ring (bicyclic) bond motifs is 1. The van der Waals surface area contributed by atoms with Crippen LogP contribution < -0.4 is 10.1 Å². The molecular formula is C27H32F2N6O5. The minimum Gasteiger partial charge on any atom is -0.494 e. The van der Waals surface area contributed by atoms with Crippen LogP contribution in [0.2, 0.25) is 0 Å². The molecule has 0 aliphatic carbocycles. The van der Waals surface area contributed by atoms with E-state index in [1.807, 2.05) is 0 Å². The fraction of sp³-hybridized carbons (Fsp3) is 0.519. The van der Waals surface area contributed by atoms with Crippen LogP contribution in [0.5, 0.6) is 5.75 Å². The van der Waals surface area contributed by atoms with Crippen molar-refractivity contribution in [1.29, 1.82) is 5.26 Å². The Kier molecular flexibility index (Phi) is 9.44. The highest BCUT2D eigenvalue weighted by molar-refractivity contribution is 6.07. The number of methoxy groups -OCH3 is 1. The molecule has 1 N–H and O–H groups in total. The van der Waals surface area contributed by atoms with Crippen LogP contribution >= 0.6 is 0 Å². The van der Waals surface area contributed by atoms with E-state index in [4.69, 9.17) is 14.7 Å². The summed E-state index contributed by atoms with van der Waals surface area (Å²) in [5.74, 6) is -3.89. The van der Waals surface area contributed by atoms with Crippen LogP contribution in [-0.4, -0.2) is 116 Å². The molecule has 3 heterocycles. The Balaban J connectivity index is 1.28.